The van der Waals surface area contributed by atoms with Crippen molar-refractivity contribution in [1.29, 1.82) is 0 Å². The van der Waals surface area contributed by atoms with Crippen molar-refractivity contribution in [1.82, 2.24) is 4.90 Å². The third kappa shape index (κ3) is 5.10. The average molecular weight is 544 g/mol. The zero-order valence-corrected chi connectivity index (χ0v) is 25.5. The standard InChI is InChI=1S/C33H53NO5/c1-19(18-34(21(3)35)22(4)36)8-11-29-20(2)31-30(39-29)17-28-26-10-9-24-16-25(38-23(5)37)12-14-32(24,6)27(26)13-15-33(28,31)7/h19-20,24-31H,8-18H2,1-7H3/t19?,20-,24+,25?,26?,27?,28?,29?,30?,31?,32+,33+/m1/s1. The van der Waals surface area contributed by atoms with E-state index in [1.165, 1.54) is 57.3 Å². The molecule has 0 bridgehead atoms. The number of esters is 1. The summed E-state index contributed by atoms with van der Waals surface area (Å²) in [5, 5.41) is 0. The lowest BCUT2D eigenvalue weighted by Gasteiger charge is -2.61. The van der Waals surface area contributed by atoms with Gasteiger partial charge in [0.2, 0.25) is 11.8 Å². The minimum absolute atomic E-state index is 0.124. The molecule has 4 aliphatic carbocycles. The van der Waals surface area contributed by atoms with Crippen molar-refractivity contribution in [2.45, 2.75) is 131 Å². The lowest BCUT2D eigenvalue weighted by atomic mass is 9.44. The summed E-state index contributed by atoms with van der Waals surface area (Å²) >= 11 is 0. The van der Waals surface area contributed by atoms with Crippen molar-refractivity contribution in [3.63, 3.8) is 0 Å². The molecule has 220 valence electrons. The molecule has 0 spiro atoms. The molecule has 2 amide bonds. The van der Waals surface area contributed by atoms with E-state index >= 15 is 0 Å². The summed E-state index contributed by atoms with van der Waals surface area (Å²) in [5.41, 5.74) is 0.751. The van der Waals surface area contributed by atoms with Crippen molar-refractivity contribution in [2.75, 3.05) is 6.54 Å². The maximum atomic E-state index is 11.8. The summed E-state index contributed by atoms with van der Waals surface area (Å²) in [7, 11) is 0. The van der Waals surface area contributed by atoms with Crippen LogP contribution >= 0.6 is 0 Å². The molecule has 0 aromatic carbocycles. The zero-order valence-electron chi connectivity index (χ0n) is 25.5. The summed E-state index contributed by atoms with van der Waals surface area (Å²) in [6.07, 6.45) is 12.5. The van der Waals surface area contributed by atoms with Crippen LogP contribution in [0, 0.1) is 52.3 Å². The number of amides is 2. The maximum absolute atomic E-state index is 11.8. The van der Waals surface area contributed by atoms with Crippen molar-refractivity contribution >= 4 is 17.8 Å². The molecule has 1 saturated heterocycles. The predicted octanol–water partition coefficient (Wildman–Crippen LogP) is 6.40. The van der Waals surface area contributed by atoms with E-state index in [0.717, 1.165) is 43.4 Å². The topological polar surface area (TPSA) is 72.9 Å². The van der Waals surface area contributed by atoms with Gasteiger partial charge in [-0.05, 0) is 116 Å². The Morgan fingerprint density at radius 2 is 1.64 bits per heavy atom. The first-order valence-corrected chi connectivity index (χ1v) is 16.0. The number of hydrogen-bond acceptors (Lipinski definition) is 5. The SMILES string of the molecule is CC(=O)OC1CC[C@]2(C)C3CC[C@@]4(C)C(CC5OC(CCC(C)CN(C(C)=O)C(C)=O)[C@@H](C)C54)C3CC[C@H]2C1. The highest BCUT2D eigenvalue weighted by Crippen LogP contribution is 2.70. The molecule has 12 atom stereocenters. The van der Waals surface area contributed by atoms with E-state index in [1.807, 2.05) is 0 Å². The van der Waals surface area contributed by atoms with Gasteiger partial charge in [0.15, 0.2) is 0 Å². The van der Waals surface area contributed by atoms with Crippen LogP contribution in [0.4, 0.5) is 0 Å². The van der Waals surface area contributed by atoms with Gasteiger partial charge in [-0.15, -0.1) is 0 Å². The zero-order chi connectivity index (χ0) is 28.3. The van der Waals surface area contributed by atoms with E-state index in [9.17, 15) is 14.4 Å². The predicted molar refractivity (Wildman–Crippen MR) is 150 cm³/mol. The van der Waals surface area contributed by atoms with Gasteiger partial charge in [0, 0.05) is 27.3 Å². The normalized spacial score (nSPS) is 45.4. The molecule has 8 unspecified atom stereocenters. The first kappa shape index (κ1) is 29.1. The highest BCUT2D eigenvalue weighted by Gasteiger charge is 2.65. The Balaban J connectivity index is 1.21. The highest BCUT2D eigenvalue weighted by atomic mass is 16.5. The number of ether oxygens (including phenoxy) is 2. The molecule has 5 fully saturated rings. The van der Waals surface area contributed by atoms with Gasteiger partial charge in [-0.25, -0.2) is 0 Å². The highest BCUT2D eigenvalue weighted by molar-refractivity contribution is 5.92. The number of rotatable bonds is 6. The van der Waals surface area contributed by atoms with Gasteiger partial charge in [0.05, 0.1) is 12.2 Å². The smallest absolute Gasteiger partial charge is 0.302 e. The van der Waals surface area contributed by atoms with Gasteiger partial charge in [-0.2, -0.15) is 0 Å². The molecule has 6 heteroatoms. The minimum Gasteiger partial charge on any atom is -0.463 e. The van der Waals surface area contributed by atoms with Gasteiger partial charge in [0.1, 0.15) is 6.10 Å². The molecule has 0 aromatic rings. The molecule has 6 nitrogen and oxygen atoms in total. The van der Waals surface area contributed by atoms with E-state index in [1.54, 1.807) is 6.92 Å². The van der Waals surface area contributed by atoms with Crippen molar-refractivity contribution < 1.29 is 23.9 Å². The average Bonchev–Trinajstić information content (AvgIpc) is 3.33. The first-order valence-electron chi connectivity index (χ1n) is 16.0. The summed E-state index contributed by atoms with van der Waals surface area (Å²) in [6, 6.07) is 0. The Morgan fingerprint density at radius 1 is 0.949 bits per heavy atom. The molecule has 5 rings (SSSR count). The van der Waals surface area contributed by atoms with Crippen LogP contribution in [0.15, 0.2) is 0 Å². The van der Waals surface area contributed by atoms with Crippen LogP contribution in [0.1, 0.15) is 113 Å². The van der Waals surface area contributed by atoms with E-state index in [0.29, 0.717) is 41.2 Å². The van der Waals surface area contributed by atoms with Crippen molar-refractivity contribution in [3.05, 3.63) is 0 Å². The number of nitrogens with zero attached hydrogens (tertiary/aromatic N) is 1. The van der Waals surface area contributed by atoms with Crippen LogP contribution in [0.2, 0.25) is 0 Å². The number of imide groups is 1. The van der Waals surface area contributed by atoms with Crippen LogP contribution in [-0.4, -0.2) is 47.5 Å². The van der Waals surface area contributed by atoms with Gasteiger partial charge < -0.3 is 9.47 Å². The number of hydrogen-bond donors (Lipinski definition) is 0. The number of fused-ring (bicyclic) bond motifs is 7. The molecule has 5 aliphatic rings. The fraction of sp³-hybridized carbons (Fsp3) is 0.909. The molecule has 0 aromatic heterocycles. The Labute approximate surface area is 236 Å². The second kappa shape index (κ2) is 10.8. The van der Waals surface area contributed by atoms with E-state index < -0.39 is 0 Å². The largest absolute Gasteiger partial charge is 0.463 e. The van der Waals surface area contributed by atoms with E-state index in [-0.39, 0.29) is 35.9 Å². The van der Waals surface area contributed by atoms with Crippen LogP contribution in [0.3, 0.4) is 0 Å². The molecule has 1 heterocycles. The first-order chi connectivity index (χ1) is 18.3. The molecule has 0 radical (unpaired) electrons. The van der Waals surface area contributed by atoms with Crippen molar-refractivity contribution in [2.24, 2.45) is 52.3 Å². The summed E-state index contributed by atoms with van der Waals surface area (Å²) < 4.78 is 12.5. The van der Waals surface area contributed by atoms with Gasteiger partial charge >= 0.3 is 5.97 Å². The lowest BCUT2D eigenvalue weighted by molar-refractivity contribution is -0.160. The van der Waals surface area contributed by atoms with Crippen LogP contribution in [0.25, 0.3) is 0 Å². The van der Waals surface area contributed by atoms with Crippen molar-refractivity contribution in [3.8, 4) is 0 Å². The third-order valence-corrected chi connectivity index (χ3v) is 12.7. The molecular weight excluding hydrogens is 490 g/mol. The summed E-state index contributed by atoms with van der Waals surface area (Å²) in [6.45, 7) is 14.8. The summed E-state index contributed by atoms with van der Waals surface area (Å²) in [5.74, 6) is 4.06. The van der Waals surface area contributed by atoms with Gasteiger partial charge in [-0.3, -0.25) is 19.3 Å². The summed E-state index contributed by atoms with van der Waals surface area (Å²) in [4.78, 5) is 36.7. The lowest BCUT2D eigenvalue weighted by Crippen LogP contribution is -2.54. The van der Waals surface area contributed by atoms with Crippen LogP contribution < -0.4 is 0 Å². The fourth-order valence-electron chi connectivity index (χ4n) is 10.9. The maximum Gasteiger partial charge on any atom is 0.302 e. The second-order valence-electron chi connectivity index (χ2n) is 14.9. The number of carbonyl (C=O) groups is 3. The molecular formula is C33H53NO5. The molecule has 4 saturated carbocycles. The second-order valence-corrected chi connectivity index (χ2v) is 14.9. The minimum atomic E-state index is -0.163. The Hall–Kier alpha value is -1.43. The van der Waals surface area contributed by atoms with Gasteiger partial charge in [-0.1, -0.05) is 27.7 Å². The monoisotopic (exact) mass is 543 g/mol. The molecule has 1 aliphatic heterocycles. The van der Waals surface area contributed by atoms with Gasteiger partial charge in [0.25, 0.3) is 0 Å². The Morgan fingerprint density at radius 3 is 2.31 bits per heavy atom. The third-order valence-electron chi connectivity index (χ3n) is 12.7. The van der Waals surface area contributed by atoms with E-state index in [4.69, 9.17) is 9.47 Å². The van der Waals surface area contributed by atoms with E-state index in [2.05, 4.69) is 27.7 Å². The fourth-order valence-corrected chi connectivity index (χ4v) is 10.9. The number of carbonyl (C=O) groups excluding carboxylic acids is 3. The molecule has 39 heavy (non-hydrogen) atoms. The Kier molecular flexibility index (Phi) is 8.02. The molecule has 0 N–H and O–H groups in total. The Bertz CT molecular complexity index is 952. The van der Waals surface area contributed by atoms with Crippen LogP contribution in [0.5, 0.6) is 0 Å². The quantitative estimate of drug-likeness (QED) is 0.362. The van der Waals surface area contributed by atoms with Crippen LogP contribution in [-0.2, 0) is 23.9 Å².